The summed E-state index contributed by atoms with van der Waals surface area (Å²) in [5, 5.41) is 7.98. The van der Waals surface area contributed by atoms with Gasteiger partial charge in [-0.25, -0.2) is 9.50 Å². The second-order valence-corrected chi connectivity index (χ2v) is 6.20. The quantitative estimate of drug-likeness (QED) is 0.688. The molecule has 3 aromatic heterocycles. The van der Waals surface area contributed by atoms with Crippen LogP contribution in [0.25, 0.3) is 5.78 Å². The Hall–Kier alpha value is -2.35. The molecule has 8 heteroatoms. The van der Waals surface area contributed by atoms with Gasteiger partial charge in [-0.2, -0.15) is 4.98 Å². The molecule has 24 heavy (non-hydrogen) atoms. The van der Waals surface area contributed by atoms with Crippen molar-refractivity contribution in [1.82, 2.24) is 24.9 Å². The van der Waals surface area contributed by atoms with Crippen LogP contribution in [-0.4, -0.2) is 38.3 Å². The molecule has 1 amide bonds. The van der Waals surface area contributed by atoms with Crippen LogP contribution in [0.5, 0.6) is 0 Å². The van der Waals surface area contributed by atoms with E-state index in [2.05, 4.69) is 20.4 Å². The van der Waals surface area contributed by atoms with Gasteiger partial charge in [0.1, 0.15) is 5.76 Å². The maximum atomic E-state index is 12.2. The highest BCUT2D eigenvalue weighted by molar-refractivity contribution is 7.98. The highest BCUT2D eigenvalue weighted by Gasteiger charge is 2.15. The first-order valence-corrected chi connectivity index (χ1v) is 8.87. The minimum Gasteiger partial charge on any atom is -0.469 e. The molecule has 7 nitrogen and oxygen atoms in total. The van der Waals surface area contributed by atoms with Crippen LogP contribution in [-0.2, 0) is 17.6 Å². The molecule has 3 aromatic rings. The van der Waals surface area contributed by atoms with E-state index in [9.17, 15) is 4.79 Å². The molecule has 0 aliphatic carbocycles. The van der Waals surface area contributed by atoms with Crippen LogP contribution < -0.4 is 5.32 Å². The fraction of sp³-hybridized carbons (Fsp3) is 0.375. The van der Waals surface area contributed by atoms with Crippen LogP contribution in [0.2, 0.25) is 0 Å². The van der Waals surface area contributed by atoms with E-state index in [0.29, 0.717) is 23.9 Å². The van der Waals surface area contributed by atoms with E-state index >= 15 is 0 Å². The third kappa shape index (κ3) is 3.43. The topological polar surface area (TPSA) is 85.3 Å². The predicted octanol–water partition coefficient (Wildman–Crippen LogP) is 1.96. The maximum absolute atomic E-state index is 12.2. The Morgan fingerprint density at radius 2 is 2.21 bits per heavy atom. The largest absolute Gasteiger partial charge is 0.469 e. The number of carbonyl (C=O) groups excluding carboxylic acids is 1. The van der Waals surface area contributed by atoms with Gasteiger partial charge in [-0.3, -0.25) is 4.79 Å². The summed E-state index contributed by atoms with van der Waals surface area (Å²) in [7, 11) is 0. The van der Waals surface area contributed by atoms with E-state index in [1.165, 1.54) is 11.8 Å². The molecule has 0 aliphatic rings. The summed E-state index contributed by atoms with van der Waals surface area (Å²) in [5.74, 6) is 1.38. The number of hydrogen-bond acceptors (Lipinski definition) is 6. The molecule has 0 saturated carbocycles. The molecule has 0 atom stereocenters. The van der Waals surface area contributed by atoms with Crippen molar-refractivity contribution in [1.29, 1.82) is 0 Å². The van der Waals surface area contributed by atoms with E-state index in [1.807, 2.05) is 32.2 Å². The normalized spacial score (nSPS) is 11.1. The number of furan rings is 1. The number of nitrogens with zero attached hydrogens (tertiary/aromatic N) is 4. The van der Waals surface area contributed by atoms with Crippen molar-refractivity contribution in [2.24, 2.45) is 0 Å². The molecule has 1 N–H and O–H groups in total. The van der Waals surface area contributed by atoms with Crippen LogP contribution in [0, 0.1) is 13.8 Å². The molecule has 0 bridgehead atoms. The van der Waals surface area contributed by atoms with Gasteiger partial charge in [0.15, 0.2) is 0 Å². The third-order valence-corrected chi connectivity index (χ3v) is 4.36. The SMILES string of the molecule is CSc1nc2nc(C)c(CC(=O)NCCc3ccco3)c(C)n2n1. The summed E-state index contributed by atoms with van der Waals surface area (Å²) in [4.78, 5) is 21.0. The Kier molecular flexibility index (Phi) is 4.84. The Bertz CT molecular complexity index is 857. The van der Waals surface area contributed by atoms with Crippen molar-refractivity contribution in [2.45, 2.75) is 31.8 Å². The fourth-order valence-electron chi connectivity index (χ4n) is 2.54. The Morgan fingerprint density at radius 1 is 1.38 bits per heavy atom. The first-order valence-electron chi connectivity index (χ1n) is 7.64. The third-order valence-electron chi connectivity index (χ3n) is 3.82. The van der Waals surface area contributed by atoms with Gasteiger partial charge in [0.2, 0.25) is 11.1 Å². The van der Waals surface area contributed by atoms with Crippen LogP contribution in [0.1, 0.15) is 22.7 Å². The van der Waals surface area contributed by atoms with E-state index in [0.717, 1.165) is 22.7 Å². The molecule has 0 spiro atoms. The standard InChI is InChI=1S/C16H19N5O2S/c1-10-13(9-14(22)17-7-6-12-5-4-8-23-12)11(2)21-15(18-10)19-16(20-21)24-3/h4-5,8H,6-7,9H2,1-3H3,(H,17,22). The predicted molar refractivity (Wildman–Crippen MR) is 91.2 cm³/mol. The smallest absolute Gasteiger partial charge is 0.253 e. The van der Waals surface area contributed by atoms with Crippen LogP contribution >= 0.6 is 11.8 Å². The lowest BCUT2D eigenvalue weighted by Crippen LogP contribution is -2.28. The lowest BCUT2D eigenvalue weighted by atomic mass is 10.1. The van der Waals surface area contributed by atoms with Crippen molar-refractivity contribution in [3.63, 3.8) is 0 Å². The molecule has 3 rings (SSSR count). The van der Waals surface area contributed by atoms with Crippen molar-refractivity contribution in [2.75, 3.05) is 12.8 Å². The average molecular weight is 345 g/mol. The first kappa shape index (κ1) is 16.5. The maximum Gasteiger partial charge on any atom is 0.253 e. The number of aryl methyl sites for hydroxylation is 2. The lowest BCUT2D eigenvalue weighted by molar-refractivity contribution is -0.120. The Labute approximate surface area is 143 Å². The second kappa shape index (κ2) is 7.04. The van der Waals surface area contributed by atoms with Gasteiger partial charge in [-0.05, 0) is 32.2 Å². The molecule has 0 aliphatic heterocycles. The van der Waals surface area contributed by atoms with Crippen molar-refractivity contribution in [3.05, 3.63) is 41.1 Å². The summed E-state index contributed by atoms with van der Waals surface area (Å²) in [5.41, 5.74) is 2.59. The highest BCUT2D eigenvalue weighted by Crippen LogP contribution is 2.17. The lowest BCUT2D eigenvalue weighted by Gasteiger charge is -2.10. The number of carbonyl (C=O) groups is 1. The number of aromatic nitrogens is 4. The zero-order valence-electron chi connectivity index (χ0n) is 13.9. The summed E-state index contributed by atoms with van der Waals surface area (Å²) in [6.45, 7) is 4.37. The van der Waals surface area contributed by atoms with Crippen LogP contribution in [0.3, 0.4) is 0 Å². The van der Waals surface area contributed by atoms with Gasteiger partial charge >= 0.3 is 0 Å². The zero-order chi connectivity index (χ0) is 17.1. The van der Waals surface area contributed by atoms with E-state index in [4.69, 9.17) is 4.42 Å². The van der Waals surface area contributed by atoms with Crippen molar-refractivity contribution < 1.29 is 9.21 Å². The summed E-state index contributed by atoms with van der Waals surface area (Å²) >= 11 is 1.47. The number of hydrogen-bond donors (Lipinski definition) is 1. The van der Waals surface area contributed by atoms with Crippen molar-refractivity contribution >= 4 is 23.4 Å². The number of fused-ring (bicyclic) bond motifs is 1. The Balaban J connectivity index is 1.70. The van der Waals surface area contributed by atoms with E-state index in [1.54, 1.807) is 10.8 Å². The monoisotopic (exact) mass is 345 g/mol. The molecule has 3 heterocycles. The van der Waals surface area contributed by atoms with Gasteiger partial charge in [0.25, 0.3) is 5.78 Å². The number of amides is 1. The second-order valence-electron chi connectivity index (χ2n) is 5.43. The summed E-state index contributed by atoms with van der Waals surface area (Å²) in [6.07, 6.45) is 4.50. The van der Waals surface area contributed by atoms with Gasteiger partial charge in [0, 0.05) is 29.9 Å². The zero-order valence-corrected chi connectivity index (χ0v) is 14.7. The summed E-state index contributed by atoms with van der Waals surface area (Å²) < 4.78 is 6.95. The minimum absolute atomic E-state index is 0.0425. The molecule has 0 aromatic carbocycles. The van der Waals surface area contributed by atoms with Crippen LogP contribution in [0.4, 0.5) is 0 Å². The van der Waals surface area contributed by atoms with E-state index < -0.39 is 0 Å². The molecular formula is C16H19N5O2S. The fourth-order valence-corrected chi connectivity index (χ4v) is 2.87. The minimum atomic E-state index is -0.0425. The molecule has 0 unspecified atom stereocenters. The van der Waals surface area contributed by atoms with Gasteiger partial charge in [-0.15, -0.1) is 5.10 Å². The van der Waals surface area contributed by atoms with Gasteiger partial charge in [-0.1, -0.05) is 11.8 Å². The molecule has 0 radical (unpaired) electrons. The van der Waals surface area contributed by atoms with Crippen molar-refractivity contribution in [3.8, 4) is 0 Å². The van der Waals surface area contributed by atoms with Crippen LogP contribution in [0.15, 0.2) is 28.0 Å². The Morgan fingerprint density at radius 3 is 2.92 bits per heavy atom. The molecule has 0 saturated heterocycles. The average Bonchev–Trinajstić information content (AvgIpc) is 3.20. The highest BCUT2D eigenvalue weighted by atomic mass is 32.2. The van der Waals surface area contributed by atoms with E-state index in [-0.39, 0.29) is 12.3 Å². The van der Waals surface area contributed by atoms with Gasteiger partial charge < -0.3 is 9.73 Å². The number of nitrogens with one attached hydrogen (secondary N) is 1. The molecular weight excluding hydrogens is 326 g/mol. The van der Waals surface area contributed by atoms with Gasteiger partial charge in [0.05, 0.1) is 12.7 Å². The first-order chi connectivity index (χ1) is 11.6. The summed E-state index contributed by atoms with van der Waals surface area (Å²) in [6, 6.07) is 3.73. The molecule has 0 fully saturated rings. The number of thioether (sulfide) groups is 1. The molecule has 126 valence electrons. The number of rotatable bonds is 6.